The summed E-state index contributed by atoms with van der Waals surface area (Å²) in [6.45, 7) is 6.55. The van der Waals surface area contributed by atoms with Crippen molar-refractivity contribution in [2.75, 3.05) is 13.2 Å². The average molecular weight is 209 g/mol. The van der Waals surface area contributed by atoms with Crippen molar-refractivity contribution in [3.05, 3.63) is 11.6 Å². The van der Waals surface area contributed by atoms with E-state index in [4.69, 9.17) is 4.74 Å². The molecule has 1 N–H and O–H groups in total. The largest absolute Gasteiger partial charge is 0.374 e. The molecule has 2 aliphatic rings. The standard InChI is InChI=1S/C13H23NO/c1-10(2)11(9-14-12-5-6-12)8-13-4-3-7-15-13/h8,10,12-14H,3-7,9H2,1-2H3. The van der Waals surface area contributed by atoms with E-state index in [9.17, 15) is 0 Å². The van der Waals surface area contributed by atoms with Crippen LogP contribution >= 0.6 is 0 Å². The number of hydrogen-bond acceptors (Lipinski definition) is 2. The minimum atomic E-state index is 0.392. The highest BCUT2D eigenvalue weighted by Crippen LogP contribution is 2.21. The highest BCUT2D eigenvalue weighted by Gasteiger charge is 2.21. The molecule has 1 aliphatic carbocycles. The van der Waals surface area contributed by atoms with Gasteiger partial charge in [0.1, 0.15) is 0 Å². The van der Waals surface area contributed by atoms with Crippen LogP contribution in [0.15, 0.2) is 11.6 Å². The van der Waals surface area contributed by atoms with Gasteiger partial charge in [-0.15, -0.1) is 0 Å². The first-order valence-electron chi connectivity index (χ1n) is 6.31. The van der Waals surface area contributed by atoms with E-state index in [2.05, 4.69) is 25.2 Å². The van der Waals surface area contributed by atoms with Crippen LogP contribution in [0.1, 0.15) is 39.5 Å². The van der Waals surface area contributed by atoms with Crippen molar-refractivity contribution >= 4 is 0 Å². The summed E-state index contributed by atoms with van der Waals surface area (Å²) in [7, 11) is 0. The molecule has 2 heteroatoms. The molecule has 0 bridgehead atoms. The summed E-state index contributed by atoms with van der Waals surface area (Å²) < 4.78 is 5.65. The van der Waals surface area contributed by atoms with Gasteiger partial charge in [-0.2, -0.15) is 0 Å². The molecule has 0 radical (unpaired) electrons. The van der Waals surface area contributed by atoms with E-state index in [1.165, 1.54) is 31.3 Å². The van der Waals surface area contributed by atoms with Gasteiger partial charge in [0, 0.05) is 19.2 Å². The molecule has 2 nitrogen and oxygen atoms in total. The lowest BCUT2D eigenvalue weighted by Gasteiger charge is -2.14. The van der Waals surface area contributed by atoms with Crippen LogP contribution in [0.25, 0.3) is 0 Å². The second kappa shape index (κ2) is 5.13. The third-order valence-electron chi connectivity index (χ3n) is 3.28. The molecule has 0 amide bonds. The van der Waals surface area contributed by atoms with Gasteiger partial charge in [0.05, 0.1) is 6.10 Å². The van der Waals surface area contributed by atoms with Crippen molar-refractivity contribution in [3.8, 4) is 0 Å². The average Bonchev–Trinajstić information content (AvgIpc) is 2.89. The van der Waals surface area contributed by atoms with E-state index in [-0.39, 0.29) is 0 Å². The highest BCUT2D eigenvalue weighted by molar-refractivity contribution is 5.11. The topological polar surface area (TPSA) is 21.3 Å². The molecular weight excluding hydrogens is 186 g/mol. The lowest BCUT2D eigenvalue weighted by molar-refractivity contribution is 0.144. The third-order valence-corrected chi connectivity index (χ3v) is 3.28. The van der Waals surface area contributed by atoms with Crippen LogP contribution in [0, 0.1) is 5.92 Å². The van der Waals surface area contributed by atoms with Crippen LogP contribution in [0.4, 0.5) is 0 Å². The molecule has 0 aromatic rings. The fourth-order valence-corrected chi connectivity index (χ4v) is 1.98. The lowest BCUT2D eigenvalue weighted by Crippen LogP contribution is -2.22. The fraction of sp³-hybridized carbons (Fsp3) is 0.846. The maximum atomic E-state index is 5.65. The number of rotatable bonds is 5. The van der Waals surface area contributed by atoms with Gasteiger partial charge in [0.15, 0.2) is 0 Å². The quantitative estimate of drug-likeness (QED) is 0.702. The van der Waals surface area contributed by atoms with E-state index < -0.39 is 0 Å². The zero-order valence-electron chi connectivity index (χ0n) is 9.96. The lowest BCUT2D eigenvalue weighted by atomic mass is 10.0. The number of hydrogen-bond donors (Lipinski definition) is 1. The Kier molecular flexibility index (Phi) is 3.81. The highest BCUT2D eigenvalue weighted by atomic mass is 16.5. The summed E-state index contributed by atoms with van der Waals surface area (Å²) >= 11 is 0. The molecule has 86 valence electrons. The van der Waals surface area contributed by atoms with E-state index >= 15 is 0 Å². The molecule has 1 heterocycles. The SMILES string of the molecule is CC(C)C(=CC1CCCO1)CNC1CC1. The maximum Gasteiger partial charge on any atom is 0.0759 e. The molecule has 0 aromatic heterocycles. The van der Waals surface area contributed by atoms with Crippen LogP contribution < -0.4 is 5.32 Å². The van der Waals surface area contributed by atoms with Gasteiger partial charge in [-0.1, -0.05) is 25.5 Å². The zero-order valence-corrected chi connectivity index (χ0v) is 9.96. The molecule has 1 saturated carbocycles. The second-order valence-corrected chi connectivity index (χ2v) is 5.10. The van der Waals surface area contributed by atoms with Crippen LogP contribution in [-0.4, -0.2) is 25.3 Å². The minimum Gasteiger partial charge on any atom is -0.374 e. The zero-order chi connectivity index (χ0) is 10.7. The van der Waals surface area contributed by atoms with Gasteiger partial charge in [-0.25, -0.2) is 0 Å². The Hall–Kier alpha value is -0.340. The Balaban J connectivity index is 1.84. The van der Waals surface area contributed by atoms with Gasteiger partial charge >= 0.3 is 0 Å². The monoisotopic (exact) mass is 209 g/mol. The molecule has 0 spiro atoms. The molecular formula is C13H23NO. The van der Waals surface area contributed by atoms with Crippen LogP contribution in [0.2, 0.25) is 0 Å². The Morgan fingerprint density at radius 3 is 2.73 bits per heavy atom. The van der Waals surface area contributed by atoms with Crippen molar-refractivity contribution in [1.82, 2.24) is 5.32 Å². The first-order valence-corrected chi connectivity index (χ1v) is 6.31. The predicted octanol–water partition coefficient (Wildman–Crippen LogP) is 2.50. The number of nitrogens with one attached hydrogen (secondary N) is 1. The maximum absolute atomic E-state index is 5.65. The van der Waals surface area contributed by atoms with Gasteiger partial charge in [-0.3, -0.25) is 0 Å². The van der Waals surface area contributed by atoms with E-state index in [1.807, 2.05) is 0 Å². The van der Waals surface area contributed by atoms with Crippen molar-refractivity contribution in [2.24, 2.45) is 5.92 Å². The van der Waals surface area contributed by atoms with Crippen molar-refractivity contribution in [3.63, 3.8) is 0 Å². The summed E-state index contributed by atoms with van der Waals surface area (Å²) in [6.07, 6.45) is 7.91. The Morgan fingerprint density at radius 1 is 1.40 bits per heavy atom. The van der Waals surface area contributed by atoms with Gasteiger partial charge in [0.25, 0.3) is 0 Å². The third kappa shape index (κ3) is 3.62. The molecule has 1 unspecified atom stereocenters. The fourth-order valence-electron chi connectivity index (χ4n) is 1.98. The molecule has 1 saturated heterocycles. The summed E-state index contributed by atoms with van der Waals surface area (Å²) in [4.78, 5) is 0. The Bertz CT molecular complexity index is 225. The van der Waals surface area contributed by atoms with Crippen LogP contribution in [-0.2, 0) is 4.74 Å². The van der Waals surface area contributed by atoms with Crippen LogP contribution in [0.5, 0.6) is 0 Å². The minimum absolute atomic E-state index is 0.392. The first-order chi connectivity index (χ1) is 7.25. The van der Waals surface area contributed by atoms with Crippen molar-refractivity contribution in [2.45, 2.75) is 51.7 Å². The van der Waals surface area contributed by atoms with E-state index in [0.29, 0.717) is 12.0 Å². The molecule has 1 atom stereocenters. The molecule has 0 aromatic carbocycles. The van der Waals surface area contributed by atoms with Crippen LogP contribution in [0.3, 0.4) is 0 Å². The predicted molar refractivity (Wildman–Crippen MR) is 62.9 cm³/mol. The molecule has 1 aliphatic heterocycles. The summed E-state index contributed by atoms with van der Waals surface area (Å²) in [5.74, 6) is 0.639. The normalized spacial score (nSPS) is 27.7. The van der Waals surface area contributed by atoms with Gasteiger partial charge in [0.2, 0.25) is 0 Å². The molecule has 2 rings (SSSR count). The Morgan fingerprint density at radius 2 is 2.20 bits per heavy atom. The van der Waals surface area contributed by atoms with Gasteiger partial charge < -0.3 is 10.1 Å². The van der Waals surface area contributed by atoms with Gasteiger partial charge in [-0.05, 0) is 31.6 Å². The summed E-state index contributed by atoms with van der Waals surface area (Å²) in [5.41, 5.74) is 1.52. The smallest absolute Gasteiger partial charge is 0.0759 e. The van der Waals surface area contributed by atoms with E-state index in [0.717, 1.165) is 19.2 Å². The van der Waals surface area contributed by atoms with Crippen molar-refractivity contribution < 1.29 is 4.74 Å². The summed E-state index contributed by atoms with van der Waals surface area (Å²) in [5, 5.41) is 3.59. The summed E-state index contributed by atoms with van der Waals surface area (Å²) in [6, 6.07) is 0.802. The molecule has 2 fully saturated rings. The second-order valence-electron chi connectivity index (χ2n) is 5.10. The number of ether oxygens (including phenoxy) is 1. The van der Waals surface area contributed by atoms with E-state index in [1.54, 1.807) is 0 Å². The van der Waals surface area contributed by atoms with Crippen molar-refractivity contribution in [1.29, 1.82) is 0 Å². The first kappa shape index (κ1) is 11.2. The Labute approximate surface area is 93.1 Å². The molecule has 15 heavy (non-hydrogen) atoms.